The maximum Gasteiger partial charge on any atom is 0.224 e. The predicted molar refractivity (Wildman–Crippen MR) is 81.7 cm³/mol. The Labute approximate surface area is 124 Å². The molecule has 0 spiro atoms. The first-order valence-electron chi connectivity index (χ1n) is 6.53. The van der Waals surface area contributed by atoms with Crippen LogP contribution in [0.25, 0.3) is 0 Å². The van der Waals surface area contributed by atoms with Crippen molar-refractivity contribution in [1.82, 2.24) is 0 Å². The molecule has 0 heterocycles. The van der Waals surface area contributed by atoms with E-state index < -0.39 is 0 Å². The molecular formula is C15H19ClN2O2. The second-order valence-corrected chi connectivity index (χ2v) is 4.46. The van der Waals surface area contributed by atoms with E-state index in [2.05, 4.69) is 17.2 Å². The van der Waals surface area contributed by atoms with Crippen molar-refractivity contribution in [2.24, 2.45) is 5.73 Å². The van der Waals surface area contributed by atoms with Crippen LogP contribution in [0.15, 0.2) is 18.2 Å². The van der Waals surface area contributed by atoms with Gasteiger partial charge >= 0.3 is 0 Å². The van der Waals surface area contributed by atoms with Crippen LogP contribution in [-0.2, 0) is 9.53 Å². The van der Waals surface area contributed by atoms with E-state index in [1.165, 1.54) is 0 Å². The first-order chi connectivity index (χ1) is 9.67. The normalized spacial score (nSPS) is 9.75. The summed E-state index contributed by atoms with van der Waals surface area (Å²) in [6, 6.07) is 5.24. The molecule has 1 aromatic carbocycles. The second kappa shape index (κ2) is 9.38. The number of carbonyl (C=O) groups excluding carboxylic acids is 1. The van der Waals surface area contributed by atoms with Crippen molar-refractivity contribution in [3.63, 3.8) is 0 Å². The summed E-state index contributed by atoms with van der Waals surface area (Å²) in [5.74, 6) is 5.57. The molecular weight excluding hydrogens is 276 g/mol. The molecule has 108 valence electrons. The Bertz CT molecular complexity index is 506. The van der Waals surface area contributed by atoms with E-state index in [9.17, 15) is 4.79 Å². The number of benzene rings is 1. The third kappa shape index (κ3) is 6.07. The van der Waals surface area contributed by atoms with Crippen LogP contribution < -0.4 is 11.1 Å². The number of ether oxygens (including phenoxy) is 1. The zero-order valence-electron chi connectivity index (χ0n) is 11.5. The first kappa shape index (κ1) is 16.5. The van der Waals surface area contributed by atoms with Crippen LogP contribution >= 0.6 is 11.6 Å². The smallest absolute Gasteiger partial charge is 0.224 e. The van der Waals surface area contributed by atoms with Gasteiger partial charge < -0.3 is 15.8 Å². The number of hydrogen-bond acceptors (Lipinski definition) is 3. The largest absolute Gasteiger partial charge is 0.382 e. The zero-order valence-corrected chi connectivity index (χ0v) is 12.3. The van der Waals surface area contributed by atoms with Gasteiger partial charge in [0.25, 0.3) is 0 Å². The Morgan fingerprint density at radius 2 is 2.30 bits per heavy atom. The van der Waals surface area contributed by atoms with Crippen molar-refractivity contribution in [3.8, 4) is 11.8 Å². The van der Waals surface area contributed by atoms with Crippen molar-refractivity contribution < 1.29 is 9.53 Å². The molecule has 0 atom stereocenters. The average Bonchev–Trinajstić information content (AvgIpc) is 2.44. The Morgan fingerprint density at radius 3 is 3.00 bits per heavy atom. The van der Waals surface area contributed by atoms with E-state index in [0.29, 0.717) is 43.3 Å². The number of nitrogens with two attached hydrogens (primary N) is 1. The van der Waals surface area contributed by atoms with Crippen molar-refractivity contribution in [1.29, 1.82) is 0 Å². The molecule has 1 rings (SSSR count). The molecule has 20 heavy (non-hydrogen) atoms. The van der Waals surface area contributed by atoms with Gasteiger partial charge in [-0.2, -0.15) is 0 Å². The molecule has 0 aromatic heterocycles. The number of rotatable bonds is 6. The summed E-state index contributed by atoms with van der Waals surface area (Å²) in [6.07, 6.45) is 1.08. The van der Waals surface area contributed by atoms with Crippen molar-refractivity contribution in [2.75, 3.05) is 25.1 Å². The SMILES string of the molecule is CCOCCCC(=O)Nc1cc(C#CCN)ccc1Cl. The molecule has 0 unspecified atom stereocenters. The monoisotopic (exact) mass is 294 g/mol. The third-order valence-corrected chi connectivity index (χ3v) is 2.80. The van der Waals surface area contributed by atoms with Crippen LogP contribution in [0.1, 0.15) is 25.3 Å². The highest BCUT2D eigenvalue weighted by atomic mass is 35.5. The Kier molecular flexibility index (Phi) is 7.74. The highest BCUT2D eigenvalue weighted by Gasteiger charge is 2.06. The van der Waals surface area contributed by atoms with Gasteiger partial charge in [-0.15, -0.1) is 0 Å². The van der Waals surface area contributed by atoms with Gasteiger partial charge in [0.15, 0.2) is 0 Å². The molecule has 5 heteroatoms. The number of amides is 1. The molecule has 1 aromatic rings. The molecule has 0 aliphatic carbocycles. The lowest BCUT2D eigenvalue weighted by Crippen LogP contribution is -2.12. The molecule has 4 nitrogen and oxygen atoms in total. The summed E-state index contributed by atoms with van der Waals surface area (Å²) in [5, 5.41) is 3.27. The molecule has 0 aliphatic heterocycles. The van der Waals surface area contributed by atoms with Crippen LogP contribution in [0.4, 0.5) is 5.69 Å². The summed E-state index contributed by atoms with van der Waals surface area (Å²) in [7, 11) is 0. The van der Waals surface area contributed by atoms with Gasteiger partial charge in [0.05, 0.1) is 17.3 Å². The van der Waals surface area contributed by atoms with Gasteiger partial charge in [0.1, 0.15) is 0 Å². The Hall–Kier alpha value is -1.54. The van der Waals surface area contributed by atoms with Crippen molar-refractivity contribution in [2.45, 2.75) is 19.8 Å². The van der Waals surface area contributed by atoms with Crippen LogP contribution in [0.5, 0.6) is 0 Å². The van der Waals surface area contributed by atoms with E-state index in [0.717, 1.165) is 5.56 Å². The maximum atomic E-state index is 11.8. The van der Waals surface area contributed by atoms with Gasteiger partial charge in [-0.3, -0.25) is 4.79 Å². The minimum absolute atomic E-state index is 0.0875. The standard InChI is InChI=1S/C15H19ClN2O2/c1-2-20-10-4-6-15(19)18-14-11-12(5-3-9-17)7-8-13(14)16/h7-8,11H,2,4,6,9-10,17H2,1H3,(H,18,19). The lowest BCUT2D eigenvalue weighted by atomic mass is 10.2. The molecule has 1 amide bonds. The number of hydrogen-bond donors (Lipinski definition) is 2. The third-order valence-electron chi connectivity index (χ3n) is 2.47. The van der Waals surface area contributed by atoms with Crippen LogP contribution in [0.3, 0.4) is 0 Å². The van der Waals surface area contributed by atoms with E-state index in [1.807, 2.05) is 6.92 Å². The quantitative estimate of drug-likeness (QED) is 0.625. The highest BCUT2D eigenvalue weighted by molar-refractivity contribution is 6.33. The van der Waals surface area contributed by atoms with Crippen LogP contribution in [0.2, 0.25) is 5.02 Å². The molecule has 0 radical (unpaired) electrons. The number of carbonyl (C=O) groups is 1. The summed E-state index contributed by atoms with van der Waals surface area (Å²) < 4.78 is 5.19. The molecule has 0 bridgehead atoms. The van der Waals surface area contributed by atoms with E-state index in [-0.39, 0.29) is 5.91 Å². The minimum atomic E-state index is -0.0875. The second-order valence-electron chi connectivity index (χ2n) is 4.05. The molecule has 0 saturated heterocycles. The number of halogens is 1. The zero-order chi connectivity index (χ0) is 14.8. The fourth-order valence-electron chi connectivity index (χ4n) is 1.54. The average molecular weight is 295 g/mol. The summed E-state index contributed by atoms with van der Waals surface area (Å²) >= 11 is 6.05. The maximum absolute atomic E-state index is 11.8. The number of nitrogens with one attached hydrogen (secondary N) is 1. The van der Waals surface area contributed by atoms with Crippen LogP contribution in [-0.4, -0.2) is 25.7 Å². The summed E-state index contributed by atoms with van der Waals surface area (Å²) in [4.78, 5) is 11.8. The molecule has 0 saturated carbocycles. The Morgan fingerprint density at radius 1 is 1.50 bits per heavy atom. The lowest BCUT2D eigenvalue weighted by molar-refractivity contribution is -0.116. The molecule has 0 aliphatic rings. The lowest BCUT2D eigenvalue weighted by Gasteiger charge is -2.08. The fraction of sp³-hybridized carbons (Fsp3) is 0.400. The van der Waals surface area contributed by atoms with Crippen molar-refractivity contribution >= 4 is 23.2 Å². The first-order valence-corrected chi connectivity index (χ1v) is 6.91. The fourth-order valence-corrected chi connectivity index (χ4v) is 1.71. The van der Waals surface area contributed by atoms with Gasteiger partial charge in [-0.05, 0) is 31.5 Å². The van der Waals surface area contributed by atoms with E-state index >= 15 is 0 Å². The van der Waals surface area contributed by atoms with Gasteiger partial charge in [-0.1, -0.05) is 23.4 Å². The number of anilines is 1. The van der Waals surface area contributed by atoms with Gasteiger partial charge in [0, 0.05) is 25.2 Å². The molecule has 3 N–H and O–H groups in total. The summed E-state index contributed by atoms with van der Waals surface area (Å²) in [6.45, 7) is 3.46. The highest BCUT2D eigenvalue weighted by Crippen LogP contribution is 2.23. The molecule has 0 fully saturated rings. The van der Waals surface area contributed by atoms with Gasteiger partial charge in [0.2, 0.25) is 5.91 Å². The van der Waals surface area contributed by atoms with Crippen molar-refractivity contribution in [3.05, 3.63) is 28.8 Å². The van der Waals surface area contributed by atoms with E-state index in [4.69, 9.17) is 22.1 Å². The minimum Gasteiger partial charge on any atom is -0.382 e. The van der Waals surface area contributed by atoms with E-state index in [1.54, 1.807) is 18.2 Å². The van der Waals surface area contributed by atoms with Gasteiger partial charge in [-0.25, -0.2) is 0 Å². The predicted octanol–water partition coefficient (Wildman–Crippen LogP) is 2.41. The van der Waals surface area contributed by atoms with Crippen LogP contribution in [0, 0.1) is 11.8 Å². The topological polar surface area (TPSA) is 64.3 Å². The summed E-state index contributed by atoms with van der Waals surface area (Å²) in [5.41, 5.74) is 6.66. The Balaban J connectivity index is 2.59.